The maximum atomic E-state index is 11.2. The van der Waals surface area contributed by atoms with Crippen LogP contribution in [-0.4, -0.2) is 13.1 Å². The Morgan fingerprint density at radius 1 is 1.53 bits per heavy atom. The fourth-order valence-electron chi connectivity index (χ4n) is 1.17. The second-order valence-corrected chi connectivity index (χ2v) is 3.42. The van der Waals surface area contributed by atoms with Crippen molar-refractivity contribution in [3.8, 4) is 0 Å². The van der Waals surface area contributed by atoms with Crippen LogP contribution in [0.5, 0.6) is 0 Å². The van der Waals surface area contributed by atoms with Crippen LogP contribution in [0.3, 0.4) is 0 Å². The van der Waals surface area contributed by atoms with E-state index in [1.165, 1.54) is 7.11 Å². The molecule has 0 amide bonds. The fourth-order valence-corrected chi connectivity index (χ4v) is 1.43. The first-order valence-corrected chi connectivity index (χ1v) is 4.73. The average molecular weight is 226 g/mol. The smallest absolute Gasteiger partial charge is 0.335 e. The van der Waals surface area contributed by atoms with Crippen molar-refractivity contribution in [2.24, 2.45) is 5.73 Å². The van der Waals surface area contributed by atoms with Crippen molar-refractivity contribution in [3.63, 3.8) is 0 Å². The summed E-state index contributed by atoms with van der Waals surface area (Å²) in [7, 11) is 1.28. The Bertz CT molecular complexity index is 390. The number of hydrogen-bond acceptors (Lipinski definition) is 3. The minimum atomic E-state index is -0.633. The van der Waals surface area contributed by atoms with Gasteiger partial charge in [0, 0.05) is 5.02 Å². The zero-order valence-corrected chi connectivity index (χ0v) is 9.12. The number of rotatable bonds is 3. The van der Waals surface area contributed by atoms with E-state index in [-0.39, 0.29) is 5.57 Å². The number of carbonyl (C=O) groups excluding carboxylic acids is 1. The second-order valence-electron chi connectivity index (χ2n) is 3.02. The van der Waals surface area contributed by atoms with Crippen LogP contribution in [0.15, 0.2) is 36.4 Å². The van der Waals surface area contributed by atoms with Gasteiger partial charge >= 0.3 is 5.97 Å². The van der Waals surface area contributed by atoms with Gasteiger partial charge in [0.1, 0.15) is 0 Å². The molecule has 0 bridgehead atoms. The summed E-state index contributed by atoms with van der Waals surface area (Å²) in [6, 6.07) is 6.42. The molecule has 0 aromatic heterocycles. The summed E-state index contributed by atoms with van der Waals surface area (Å²) in [6.45, 7) is 3.58. The van der Waals surface area contributed by atoms with Gasteiger partial charge in [-0.3, -0.25) is 0 Å². The molecular weight excluding hydrogens is 214 g/mol. The molecule has 4 heteroatoms. The first kappa shape index (κ1) is 11.8. The van der Waals surface area contributed by atoms with Crippen LogP contribution in [0.25, 0.3) is 0 Å². The van der Waals surface area contributed by atoms with E-state index >= 15 is 0 Å². The van der Waals surface area contributed by atoms with Crippen LogP contribution in [0.2, 0.25) is 5.02 Å². The van der Waals surface area contributed by atoms with E-state index < -0.39 is 12.0 Å². The Kier molecular flexibility index (Phi) is 3.88. The molecule has 0 aliphatic carbocycles. The Hall–Kier alpha value is -1.32. The number of hydrogen-bond donors (Lipinski definition) is 1. The van der Waals surface area contributed by atoms with Crippen LogP contribution in [0, 0.1) is 0 Å². The molecule has 3 nitrogen and oxygen atoms in total. The van der Waals surface area contributed by atoms with Gasteiger partial charge in [-0.2, -0.15) is 0 Å². The Morgan fingerprint density at radius 3 is 2.67 bits per heavy atom. The van der Waals surface area contributed by atoms with E-state index in [0.717, 1.165) is 0 Å². The van der Waals surface area contributed by atoms with Crippen molar-refractivity contribution in [1.82, 2.24) is 0 Å². The van der Waals surface area contributed by atoms with Gasteiger partial charge in [-0.15, -0.1) is 0 Å². The molecule has 0 saturated carbocycles. The quantitative estimate of drug-likeness (QED) is 0.633. The molecule has 1 aromatic carbocycles. The third kappa shape index (κ3) is 2.58. The number of methoxy groups -OCH3 is 1. The lowest BCUT2D eigenvalue weighted by Gasteiger charge is -2.14. The maximum absolute atomic E-state index is 11.2. The largest absolute Gasteiger partial charge is 0.466 e. The van der Waals surface area contributed by atoms with Crippen molar-refractivity contribution in [3.05, 3.63) is 47.0 Å². The summed E-state index contributed by atoms with van der Waals surface area (Å²) in [5, 5.41) is 0.509. The molecule has 0 radical (unpaired) electrons. The second kappa shape index (κ2) is 4.96. The van der Waals surface area contributed by atoms with Crippen LogP contribution in [0.4, 0.5) is 0 Å². The molecule has 0 saturated heterocycles. The molecule has 80 valence electrons. The molecular formula is C11H12ClNO2. The summed E-state index contributed by atoms with van der Waals surface area (Å²) in [5.74, 6) is -0.526. The first-order valence-electron chi connectivity index (χ1n) is 4.35. The molecule has 0 heterocycles. The minimum absolute atomic E-state index is 0.186. The molecule has 2 N–H and O–H groups in total. The predicted molar refractivity (Wildman–Crippen MR) is 59.5 cm³/mol. The fraction of sp³-hybridized carbons (Fsp3) is 0.182. The number of benzene rings is 1. The van der Waals surface area contributed by atoms with E-state index in [0.29, 0.717) is 10.6 Å². The average Bonchev–Trinajstić information content (AvgIpc) is 2.26. The van der Waals surface area contributed by atoms with Crippen molar-refractivity contribution in [2.75, 3.05) is 7.11 Å². The number of carbonyl (C=O) groups is 1. The molecule has 0 aliphatic rings. The lowest BCUT2D eigenvalue weighted by atomic mass is 10.0. The first-order chi connectivity index (χ1) is 7.07. The van der Waals surface area contributed by atoms with Gasteiger partial charge in [0.15, 0.2) is 0 Å². The SMILES string of the molecule is C=C(C(=O)OC)C(N)c1ccccc1Cl. The topological polar surface area (TPSA) is 52.3 Å². The summed E-state index contributed by atoms with van der Waals surface area (Å²) in [4.78, 5) is 11.2. The highest BCUT2D eigenvalue weighted by Gasteiger charge is 2.19. The van der Waals surface area contributed by atoms with E-state index in [1.54, 1.807) is 24.3 Å². The molecule has 1 aromatic rings. The van der Waals surface area contributed by atoms with Crippen LogP contribution in [-0.2, 0) is 9.53 Å². The summed E-state index contributed by atoms with van der Waals surface area (Å²) < 4.78 is 4.53. The van der Waals surface area contributed by atoms with E-state index in [1.807, 2.05) is 0 Å². The molecule has 1 unspecified atom stereocenters. The third-order valence-electron chi connectivity index (χ3n) is 2.06. The zero-order valence-electron chi connectivity index (χ0n) is 8.37. The predicted octanol–water partition coefficient (Wildman–Crippen LogP) is 2.07. The number of ether oxygens (including phenoxy) is 1. The van der Waals surface area contributed by atoms with Gasteiger partial charge in [-0.05, 0) is 11.6 Å². The van der Waals surface area contributed by atoms with Crippen molar-refractivity contribution >= 4 is 17.6 Å². The van der Waals surface area contributed by atoms with Crippen molar-refractivity contribution in [2.45, 2.75) is 6.04 Å². The molecule has 15 heavy (non-hydrogen) atoms. The minimum Gasteiger partial charge on any atom is -0.466 e. The van der Waals surface area contributed by atoms with E-state index in [2.05, 4.69) is 11.3 Å². The number of halogens is 1. The van der Waals surface area contributed by atoms with Gasteiger partial charge in [-0.25, -0.2) is 4.79 Å². The normalized spacial score (nSPS) is 11.9. The highest BCUT2D eigenvalue weighted by atomic mass is 35.5. The van der Waals surface area contributed by atoms with Crippen molar-refractivity contribution < 1.29 is 9.53 Å². The highest BCUT2D eigenvalue weighted by molar-refractivity contribution is 6.31. The molecule has 0 spiro atoms. The maximum Gasteiger partial charge on any atom is 0.335 e. The molecule has 0 fully saturated rings. The number of esters is 1. The zero-order chi connectivity index (χ0) is 11.4. The monoisotopic (exact) mass is 225 g/mol. The summed E-state index contributed by atoms with van der Waals surface area (Å²) in [5.41, 5.74) is 6.68. The molecule has 1 rings (SSSR count). The van der Waals surface area contributed by atoms with Gasteiger partial charge < -0.3 is 10.5 Å². The Balaban J connectivity index is 2.95. The van der Waals surface area contributed by atoms with Crippen LogP contribution >= 0.6 is 11.6 Å². The Morgan fingerprint density at radius 2 is 2.13 bits per heavy atom. The van der Waals surface area contributed by atoms with E-state index in [4.69, 9.17) is 17.3 Å². The van der Waals surface area contributed by atoms with Crippen LogP contribution < -0.4 is 5.73 Å². The summed E-state index contributed by atoms with van der Waals surface area (Å²) >= 11 is 5.94. The van der Waals surface area contributed by atoms with Crippen molar-refractivity contribution in [1.29, 1.82) is 0 Å². The van der Waals surface area contributed by atoms with Gasteiger partial charge in [0.05, 0.1) is 18.7 Å². The summed E-state index contributed by atoms with van der Waals surface area (Å²) in [6.07, 6.45) is 0. The lowest BCUT2D eigenvalue weighted by Crippen LogP contribution is -2.19. The Labute approximate surface area is 93.5 Å². The standard InChI is InChI=1S/C11H12ClNO2/c1-7(11(14)15-2)10(13)8-5-3-4-6-9(8)12/h3-6,10H,1,13H2,2H3. The van der Waals surface area contributed by atoms with E-state index in [9.17, 15) is 4.79 Å². The van der Waals surface area contributed by atoms with Gasteiger partial charge in [0.2, 0.25) is 0 Å². The molecule has 0 aliphatic heterocycles. The van der Waals surface area contributed by atoms with Crippen LogP contribution in [0.1, 0.15) is 11.6 Å². The van der Waals surface area contributed by atoms with Gasteiger partial charge in [-0.1, -0.05) is 36.4 Å². The van der Waals surface area contributed by atoms with Gasteiger partial charge in [0.25, 0.3) is 0 Å². The lowest BCUT2D eigenvalue weighted by molar-refractivity contribution is -0.136. The molecule has 1 atom stereocenters. The number of nitrogens with two attached hydrogens (primary N) is 1. The third-order valence-corrected chi connectivity index (χ3v) is 2.41. The highest BCUT2D eigenvalue weighted by Crippen LogP contribution is 2.25.